The molecule has 0 bridgehead atoms. The highest BCUT2D eigenvalue weighted by atomic mass is 79.9. The maximum absolute atomic E-state index is 12.6. The van der Waals surface area contributed by atoms with Crippen molar-refractivity contribution in [3.63, 3.8) is 0 Å². The second kappa shape index (κ2) is 8.78. The smallest absolute Gasteiger partial charge is 0.341 e. The molecule has 2 saturated heterocycles. The van der Waals surface area contributed by atoms with E-state index in [0.717, 1.165) is 29.5 Å². The van der Waals surface area contributed by atoms with Gasteiger partial charge in [0.15, 0.2) is 6.61 Å². The first-order chi connectivity index (χ1) is 13.3. The Morgan fingerprint density at radius 2 is 1.96 bits per heavy atom. The molecule has 2 heterocycles. The first-order valence-corrected chi connectivity index (χ1v) is 10.1. The summed E-state index contributed by atoms with van der Waals surface area (Å²) in [4.78, 5) is 50.6. The van der Waals surface area contributed by atoms with Gasteiger partial charge in [0.05, 0.1) is 4.91 Å². The number of carboxylic acid groups (broad SMARTS) is 1. The predicted molar refractivity (Wildman–Crippen MR) is 106 cm³/mol. The van der Waals surface area contributed by atoms with Gasteiger partial charge in [-0.1, -0.05) is 15.9 Å². The van der Waals surface area contributed by atoms with Crippen LogP contribution in [0.2, 0.25) is 0 Å². The van der Waals surface area contributed by atoms with Crippen molar-refractivity contribution in [2.75, 3.05) is 26.2 Å². The van der Waals surface area contributed by atoms with E-state index in [4.69, 9.17) is 9.84 Å². The first-order valence-electron chi connectivity index (χ1n) is 8.52. The molecule has 0 spiro atoms. The summed E-state index contributed by atoms with van der Waals surface area (Å²) < 4.78 is 5.94. The molecule has 10 heteroatoms. The zero-order valence-corrected chi connectivity index (χ0v) is 17.1. The Kier molecular flexibility index (Phi) is 6.40. The summed E-state index contributed by atoms with van der Waals surface area (Å²) in [6.45, 7) is 0.484. The Morgan fingerprint density at radius 3 is 2.64 bits per heavy atom. The van der Waals surface area contributed by atoms with Crippen LogP contribution in [-0.2, 0) is 14.4 Å². The fourth-order valence-corrected chi connectivity index (χ4v) is 4.09. The van der Waals surface area contributed by atoms with Crippen LogP contribution < -0.4 is 4.74 Å². The molecular formula is C18H17BrN2O6S. The van der Waals surface area contributed by atoms with Crippen LogP contribution in [0, 0.1) is 0 Å². The minimum Gasteiger partial charge on any atom is -0.481 e. The molecule has 0 atom stereocenters. The number of aliphatic carboxylic acids is 1. The number of carbonyl (C=O) groups excluding carboxylic acids is 3. The van der Waals surface area contributed by atoms with Crippen molar-refractivity contribution < 1.29 is 29.0 Å². The number of rotatable bonds is 6. The van der Waals surface area contributed by atoms with E-state index in [2.05, 4.69) is 15.9 Å². The van der Waals surface area contributed by atoms with E-state index in [-0.39, 0.29) is 23.1 Å². The molecule has 1 N–H and O–H groups in total. The van der Waals surface area contributed by atoms with E-state index in [0.29, 0.717) is 23.1 Å². The molecule has 1 aromatic carbocycles. The highest BCUT2D eigenvalue weighted by molar-refractivity contribution is 9.10. The number of imide groups is 1. The van der Waals surface area contributed by atoms with Crippen molar-refractivity contribution >= 4 is 56.8 Å². The van der Waals surface area contributed by atoms with E-state index in [1.807, 2.05) is 0 Å². The molecule has 8 nitrogen and oxygen atoms in total. The molecular weight excluding hydrogens is 452 g/mol. The summed E-state index contributed by atoms with van der Waals surface area (Å²) in [6, 6.07) is 4.90. The molecule has 0 aliphatic carbocycles. The van der Waals surface area contributed by atoms with Gasteiger partial charge < -0.3 is 14.7 Å². The third kappa shape index (κ3) is 4.74. The maximum Gasteiger partial charge on any atom is 0.341 e. The maximum atomic E-state index is 12.6. The average molecular weight is 469 g/mol. The van der Waals surface area contributed by atoms with Gasteiger partial charge in [-0.3, -0.25) is 19.3 Å². The van der Waals surface area contributed by atoms with Gasteiger partial charge in [0, 0.05) is 23.1 Å². The topological polar surface area (TPSA) is 104 Å². The Bertz CT molecular complexity index is 866. The third-order valence-electron chi connectivity index (χ3n) is 4.24. The number of thioether (sulfide) groups is 1. The Hall–Kier alpha value is -2.33. The van der Waals surface area contributed by atoms with E-state index in [1.54, 1.807) is 23.1 Å². The van der Waals surface area contributed by atoms with Crippen LogP contribution in [0.15, 0.2) is 27.6 Å². The molecule has 1 aromatic rings. The van der Waals surface area contributed by atoms with E-state index < -0.39 is 23.7 Å². The first kappa shape index (κ1) is 20.4. The van der Waals surface area contributed by atoms with E-state index >= 15 is 0 Å². The number of halogens is 1. The van der Waals surface area contributed by atoms with Gasteiger partial charge in [-0.25, -0.2) is 4.79 Å². The number of carboxylic acids is 1. The van der Waals surface area contributed by atoms with Crippen molar-refractivity contribution in [2.24, 2.45) is 0 Å². The second-order valence-corrected chi connectivity index (χ2v) is 8.13. The van der Waals surface area contributed by atoms with Crippen LogP contribution in [0.3, 0.4) is 0 Å². The number of hydrogen-bond donors (Lipinski definition) is 1. The van der Waals surface area contributed by atoms with Crippen LogP contribution in [0.4, 0.5) is 4.79 Å². The molecule has 2 fully saturated rings. The van der Waals surface area contributed by atoms with Crippen molar-refractivity contribution in [3.05, 3.63) is 33.1 Å². The molecule has 2 aliphatic heterocycles. The summed E-state index contributed by atoms with van der Waals surface area (Å²) in [5.41, 5.74) is 0.451. The standard InChI is InChI=1S/C18H17BrN2O6S/c19-12-3-4-13(27-10-16(23)24)11(7-12)8-14-17(25)21(18(26)28-14)9-15(22)20-5-1-2-6-20/h3-4,7-8H,1-2,5-6,9-10H2,(H,23,24). The lowest BCUT2D eigenvalue weighted by molar-refractivity contribution is -0.139. The lowest BCUT2D eigenvalue weighted by atomic mass is 10.2. The molecule has 3 amide bonds. The number of benzene rings is 1. The molecule has 28 heavy (non-hydrogen) atoms. The monoisotopic (exact) mass is 468 g/mol. The van der Waals surface area contributed by atoms with Crippen LogP contribution >= 0.6 is 27.7 Å². The van der Waals surface area contributed by atoms with Gasteiger partial charge in [-0.2, -0.15) is 0 Å². The molecule has 2 aliphatic rings. The highest BCUT2D eigenvalue weighted by Gasteiger charge is 2.37. The quantitative estimate of drug-likeness (QED) is 0.639. The summed E-state index contributed by atoms with van der Waals surface area (Å²) >= 11 is 4.06. The Labute approximate surface area is 173 Å². The summed E-state index contributed by atoms with van der Waals surface area (Å²) in [5, 5.41) is 8.29. The number of ether oxygens (including phenoxy) is 1. The number of amides is 3. The van der Waals surface area contributed by atoms with Gasteiger partial charge in [0.25, 0.3) is 11.1 Å². The minimum absolute atomic E-state index is 0.150. The predicted octanol–water partition coefficient (Wildman–Crippen LogP) is 2.57. The van der Waals surface area contributed by atoms with Crippen molar-refractivity contribution in [1.29, 1.82) is 0 Å². The molecule has 148 valence electrons. The minimum atomic E-state index is -1.13. The lowest BCUT2D eigenvalue weighted by Gasteiger charge is -2.18. The fourth-order valence-electron chi connectivity index (χ4n) is 2.88. The van der Waals surface area contributed by atoms with Crippen molar-refractivity contribution in [2.45, 2.75) is 12.8 Å². The lowest BCUT2D eigenvalue weighted by Crippen LogP contribution is -2.40. The van der Waals surface area contributed by atoms with Crippen LogP contribution in [0.25, 0.3) is 6.08 Å². The van der Waals surface area contributed by atoms with E-state index in [1.165, 1.54) is 6.08 Å². The van der Waals surface area contributed by atoms with Crippen molar-refractivity contribution in [1.82, 2.24) is 9.80 Å². The van der Waals surface area contributed by atoms with Crippen LogP contribution in [0.5, 0.6) is 5.75 Å². The molecule has 3 rings (SSSR count). The number of hydrogen-bond acceptors (Lipinski definition) is 6. The molecule has 0 radical (unpaired) electrons. The Balaban J connectivity index is 1.78. The second-order valence-electron chi connectivity index (χ2n) is 6.22. The van der Waals surface area contributed by atoms with Crippen molar-refractivity contribution in [3.8, 4) is 5.75 Å². The largest absolute Gasteiger partial charge is 0.481 e. The zero-order chi connectivity index (χ0) is 20.3. The number of nitrogens with zero attached hydrogens (tertiary/aromatic N) is 2. The molecule has 0 saturated carbocycles. The number of carbonyl (C=O) groups is 4. The van der Waals surface area contributed by atoms with Gasteiger partial charge in [0.1, 0.15) is 12.3 Å². The van der Waals surface area contributed by atoms with Gasteiger partial charge >= 0.3 is 5.97 Å². The SMILES string of the molecule is O=C(O)COc1ccc(Br)cc1C=C1SC(=O)N(CC(=O)N2CCCC2)C1=O. The van der Waals surface area contributed by atoms with E-state index in [9.17, 15) is 19.2 Å². The highest BCUT2D eigenvalue weighted by Crippen LogP contribution is 2.35. The zero-order valence-electron chi connectivity index (χ0n) is 14.7. The van der Waals surface area contributed by atoms with Gasteiger partial charge in [-0.05, 0) is 48.9 Å². The molecule has 0 unspecified atom stereocenters. The summed E-state index contributed by atoms with van der Waals surface area (Å²) in [7, 11) is 0. The summed E-state index contributed by atoms with van der Waals surface area (Å²) in [5.74, 6) is -1.65. The molecule has 0 aromatic heterocycles. The fraction of sp³-hybridized carbons (Fsp3) is 0.333. The Morgan fingerprint density at radius 1 is 1.25 bits per heavy atom. The van der Waals surface area contributed by atoms with Crippen LogP contribution in [-0.4, -0.2) is 64.2 Å². The third-order valence-corrected chi connectivity index (χ3v) is 5.64. The number of likely N-dealkylation sites (tertiary alicyclic amines) is 1. The summed E-state index contributed by atoms with van der Waals surface area (Å²) in [6.07, 6.45) is 3.32. The normalized spacial score (nSPS) is 18.2. The van der Waals surface area contributed by atoms with Crippen LogP contribution in [0.1, 0.15) is 18.4 Å². The average Bonchev–Trinajstić information content (AvgIpc) is 3.26. The van der Waals surface area contributed by atoms with Gasteiger partial charge in [-0.15, -0.1) is 0 Å². The van der Waals surface area contributed by atoms with Gasteiger partial charge in [0.2, 0.25) is 5.91 Å².